The van der Waals surface area contributed by atoms with Crippen molar-refractivity contribution < 1.29 is 9.84 Å². The minimum absolute atomic E-state index is 0.0747. The van der Waals surface area contributed by atoms with Crippen molar-refractivity contribution in [3.05, 3.63) is 0 Å². The molecule has 2 rings (SSSR count). The molecule has 0 aromatic carbocycles. The van der Waals surface area contributed by atoms with Gasteiger partial charge in [0, 0.05) is 12.0 Å². The highest BCUT2D eigenvalue weighted by molar-refractivity contribution is 5.35. The van der Waals surface area contributed by atoms with E-state index in [0.717, 1.165) is 25.7 Å². The van der Waals surface area contributed by atoms with E-state index in [1.165, 1.54) is 0 Å². The van der Waals surface area contributed by atoms with Crippen LogP contribution in [-0.4, -0.2) is 39.8 Å². The Kier molecular flexibility index (Phi) is 4.91. The number of hydrogen-bond acceptors (Lipinski definition) is 8. The number of aliphatic hydroxyl groups is 1. The number of aromatic nitrogens is 3. The molecule has 1 saturated carbocycles. The van der Waals surface area contributed by atoms with Gasteiger partial charge in [-0.25, -0.2) is 5.84 Å². The Hall–Kier alpha value is -1.67. The van der Waals surface area contributed by atoms with E-state index in [-0.39, 0.29) is 24.0 Å². The molecule has 1 fully saturated rings. The van der Waals surface area contributed by atoms with Crippen LogP contribution < -0.4 is 21.3 Å². The van der Waals surface area contributed by atoms with Gasteiger partial charge in [-0.1, -0.05) is 12.8 Å². The van der Waals surface area contributed by atoms with E-state index >= 15 is 0 Å². The highest BCUT2D eigenvalue weighted by Crippen LogP contribution is 2.37. The number of hydrazine groups is 1. The molecule has 0 aliphatic heterocycles. The van der Waals surface area contributed by atoms with Crippen LogP contribution in [0.25, 0.3) is 0 Å². The average Bonchev–Trinajstić information content (AvgIpc) is 2.95. The molecule has 1 aromatic rings. The molecule has 0 unspecified atom stereocenters. The molecule has 1 aromatic heterocycles. The first-order valence-electron chi connectivity index (χ1n) is 6.91. The maximum Gasteiger partial charge on any atom is 0.323 e. The molecule has 0 bridgehead atoms. The first-order chi connectivity index (χ1) is 9.71. The molecule has 20 heavy (non-hydrogen) atoms. The van der Waals surface area contributed by atoms with Crippen molar-refractivity contribution in [2.45, 2.75) is 32.6 Å². The van der Waals surface area contributed by atoms with E-state index in [4.69, 9.17) is 10.6 Å². The third-order valence-electron chi connectivity index (χ3n) is 3.64. The maximum atomic E-state index is 9.58. The van der Waals surface area contributed by atoms with Crippen LogP contribution in [0.4, 0.5) is 11.9 Å². The zero-order chi connectivity index (χ0) is 14.4. The van der Waals surface area contributed by atoms with Crippen molar-refractivity contribution >= 4 is 11.9 Å². The molecule has 112 valence electrons. The fourth-order valence-corrected chi connectivity index (χ4v) is 2.48. The maximum absolute atomic E-state index is 9.58. The fourth-order valence-electron chi connectivity index (χ4n) is 2.48. The summed E-state index contributed by atoms with van der Waals surface area (Å²) in [6, 6.07) is 0.224. The molecule has 8 heteroatoms. The number of nitrogens with two attached hydrogens (primary N) is 1. The molecule has 1 heterocycles. The van der Waals surface area contributed by atoms with Crippen molar-refractivity contribution in [1.29, 1.82) is 0 Å². The van der Waals surface area contributed by atoms with Crippen LogP contribution in [0.1, 0.15) is 32.6 Å². The lowest BCUT2D eigenvalue weighted by molar-refractivity contribution is 0.142. The van der Waals surface area contributed by atoms with Gasteiger partial charge in [-0.05, 0) is 19.8 Å². The quantitative estimate of drug-likeness (QED) is 0.422. The van der Waals surface area contributed by atoms with Crippen LogP contribution in [0.5, 0.6) is 6.01 Å². The second kappa shape index (κ2) is 6.67. The molecule has 0 spiro atoms. The number of ether oxygens (including phenoxy) is 1. The SMILES string of the molecule is CCOc1nc(NN)nc(NCC2(CO)CCCC2)n1. The number of nitrogens with zero attached hydrogens (tertiary/aromatic N) is 3. The lowest BCUT2D eigenvalue weighted by Crippen LogP contribution is -2.31. The highest BCUT2D eigenvalue weighted by Gasteiger charge is 2.33. The van der Waals surface area contributed by atoms with Gasteiger partial charge in [0.2, 0.25) is 11.9 Å². The van der Waals surface area contributed by atoms with Gasteiger partial charge < -0.3 is 15.2 Å². The average molecular weight is 282 g/mol. The molecule has 0 atom stereocenters. The van der Waals surface area contributed by atoms with E-state index in [1.54, 1.807) is 0 Å². The minimum Gasteiger partial charge on any atom is -0.464 e. The molecule has 1 aliphatic carbocycles. The largest absolute Gasteiger partial charge is 0.464 e. The third kappa shape index (κ3) is 3.45. The normalized spacial score (nSPS) is 16.9. The van der Waals surface area contributed by atoms with Crippen molar-refractivity contribution in [2.24, 2.45) is 11.3 Å². The summed E-state index contributed by atoms with van der Waals surface area (Å²) in [7, 11) is 0. The van der Waals surface area contributed by atoms with Gasteiger partial charge in [-0.15, -0.1) is 0 Å². The summed E-state index contributed by atoms with van der Waals surface area (Å²) in [4.78, 5) is 12.3. The van der Waals surface area contributed by atoms with Crippen molar-refractivity contribution in [2.75, 3.05) is 30.5 Å². The summed E-state index contributed by atoms with van der Waals surface area (Å²) >= 11 is 0. The van der Waals surface area contributed by atoms with Gasteiger partial charge >= 0.3 is 6.01 Å². The summed E-state index contributed by atoms with van der Waals surface area (Å²) in [5.74, 6) is 5.97. The number of anilines is 2. The van der Waals surface area contributed by atoms with Gasteiger partial charge in [-0.2, -0.15) is 15.0 Å². The summed E-state index contributed by atoms with van der Waals surface area (Å²) in [5.41, 5.74) is 2.31. The summed E-state index contributed by atoms with van der Waals surface area (Å²) in [6.45, 7) is 3.12. The Balaban J connectivity index is 2.06. The lowest BCUT2D eigenvalue weighted by atomic mass is 9.87. The number of nitrogens with one attached hydrogen (secondary N) is 2. The molecular weight excluding hydrogens is 260 g/mol. The summed E-state index contributed by atoms with van der Waals surface area (Å²) in [6.07, 6.45) is 4.34. The fraction of sp³-hybridized carbons (Fsp3) is 0.750. The Morgan fingerprint density at radius 1 is 1.25 bits per heavy atom. The van der Waals surface area contributed by atoms with Crippen LogP contribution >= 0.6 is 0 Å². The molecule has 0 saturated heterocycles. The van der Waals surface area contributed by atoms with E-state index in [9.17, 15) is 5.11 Å². The molecule has 8 nitrogen and oxygen atoms in total. The number of hydrogen-bond donors (Lipinski definition) is 4. The highest BCUT2D eigenvalue weighted by atomic mass is 16.5. The lowest BCUT2D eigenvalue weighted by Gasteiger charge is -2.26. The molecular formula is C12H22N6O2. The van der Waals surface area contributed by atoms with Gasteiger partial charge in [-0.3, -0.25) is 5.43 Å². The van der Waals surface area contributed by atoms with Gasteiger partial charge in [0.25, 0.3) is 0 Å². The number of rotatable bonds is 7. The van der Waals surface area contributed by atoms with Gasteiger partial charge in [0.1, 0.15) is 0 Å². The smallest absolute Gasteiger partial charge is 0.323 e. The van der Waals surface area contributed by atoms with Gasteiger partial charge in [0.15, 0.2) is 0 Å². The Morgan fingerprint density at radius 3 is 2.55 bits per heavy atom. The first-order valence-corrected chi connectivity index (χ1v) is 6.91. The summed E-state index contributed by atoms with van der Waals surface area (Å²) < 4.78 is 5.27. The predicted molar refractivity (Wildman–Crippen MR) is 75.3 cm³/mol. The minimum atomic E-state index is -0.0747. The standard InChI is InChI=1S/C12H22N6O2/c1-2-20-11-16-9(15-10(17-11)18-13)14-7-12(8-19)5-3-4-6-12/h19H,2-8,13H2,1H3,(H2,14,15,16,17,18). The Morgan fingerprint density at radius 2 is 1.95 bits per heavy atom. The second-order valence-corrected chi connectivity index (χ2v) is 5.06. The number of nitrogen functional groups attached to an aromatic ring is 1. The second-order valence-electron chi connectivity index (χ2n) is 5.06. The van der Waals surface area contributed by atoms with E-state index in [0.29, 0.717) is 19.1 Å². The van der Waals surface area contributed by atoms with E-state index in [1.807, 2.05) is 6.92 Å². The topological polar surface area (TPSA) is 118 Å². The van der Waals surface area contributed by atoms with Crippen LogP contribution in [0, 0.1) is 5.41 Å². The molecule has 5 N–H and O–H groups in total. The van der Waals surface area contributed by atoms with Crippen molar-refractivity contribution in [1.82, 2.24) is 15.0 Å². The van der Waals surface area contributed by atoms with Crippen LogP contribution in [0.15, 0.2) is 0 Å². The zero-order valence-electron chi connectivity index (χ0n) is 11.7. The third-order valence-corrected chi connectivity index (χ3v) is 3.64. The predicted octanol–water partition coefficient (Wildman–Crippen LogP) is 0.520. The van der Waals surface area contributed by atoms with E-state index in [2.05, 4.69) is 25.7 Å². The summed E-state index contributed by atoms with van der Waals surface area (Å²) in [5, 5.41) is 12.7. The van der Waals surface area contributed by atoms with Gasteiger partial charge in [0.05, 0.1) is 13.2 Å². The van der Waals surface area contributed by atoms with Crippen molar-refractivity contribution in [3.8, 4) is 6.01 Å². The van der Waals surface area contributed by atoms with Crippen LogP contribution in [0.3, 0.4) is 0 Å². The van der Waals surface area contributed by atoms with E-state index < -0.39 is 0 Å². The Bertz CT molecular complexity index is 436. The molecule has 0 radical (unpaired) electrons. The van der Waals surface area contributed by atoms with Crippen LogP contribution in [-0.2, 0) is 0 Å². The zero-order valence-corrected chi connectivity index (χ0v) is 11.7. The number of aliphatic hydroxyl groups excluding tert-OH is 1. The monoisotopic (exact) mass is 282 g/mol. The Labute approximate surface area is 118 Å². The first kappa shape index (κ1) is 14.7. The van der Waals surface area contributed by atoms with Crippen LogP contribution in [0.2, 0.25) is 0 Å². The molecule has 0 amide bonds. The molecule has 1 aliphatic rings. The van der Waals surface area contributed by atoms with Crippen molar-refractivity contribution in [3.63, 3.8) is 0 Å².